The Labute approximate surface area is 169 Å². The first-order chi connectivity index (χ1) is 13.3. The summed E-state index contributed by atoms with van der Waals surface area (Å²) in [4.78, 5) is 3.88. The maximum atomic E-state index is 5.27. The van der Waals surface area contributed by atoms with Crippen molar-refractivity contribution < 1.29 is 4.74 Å². The summed E-state index contributed by atoms with van der Waals surface area (Å²) >= 11 is 5.46. The predicted octanol–water partition coefficient (Wildman–Crippen LogP) is 8.02. The largest absolute Gasteiger partial charge is 0.497 e. The third-order valence-corrected chi connectivity index (χ3v) is 7.60. The number of hydrogen-bond acceptors (Lipinski definition) is 4. The van der Waals surface area contributed by atoms with E-state index in [1.54, 1.807) is 18.4 Å². The van der Waals surface area contributed by atoms with E-state index in [-0.39, 0.29) is 0 Å². The molecule has 0 unspecified atom stereocenters. The molecule has 0 aliphatic carbocycles. The lowest BCUT2D eigenvalue weighted by molar-refractivity contribution is 0.415. The average molecular weight is 405 g/mol. The van der Waals surface area contributed by atoms with Gasteiger partial charge in [-0.3, -0.25) is 0 Å². The summed E-state index contributed by atoms with van der Waals surface area (Å²) in [5, 5.41) is 4.80. The first-order valence-corrected chi connectivity index (χ1v) is 11.1. The van der Waals surface area contributed by atoms with Crippen molar-refractivity contribution in [2.75, 3.05) is 7.11 Å². The SMILES string of the molecule is COc1ccc(-c2cc3c(ccc4sc(/C=C/c5cccs5)cc43)s2)cc1. The zero-order valence-corrected chi connectivity index (χ0v) is 17.1. The molecular weight excluding hydrogens is 388 g/mol. The molecule has 0 bridgehead atoms. The Kier molecular flexibility index (Phi) is 4.32. The summed E-state index contributed by atoms with van der Waals surface area (Å²) in [5.74, 6) is 0.891. The van der Waals surface area contributed by atoms with Crippen LogP contribution in [0.4, 0.5) is 0 Å². The van der Waals surface area contributed by atoms with Gasteiger partial charge in [0, 0.05) is 34.8 Å². The molecule has 1 nitrogen and oxygen atoms in total. The van der Waals surface area contributed by atoms with E-state index in [9.17, 15) is 0 Å². The Morgan fingerprint density at radius 2 is 1.52 bits per heavy atom. The quantitative estimate of drug-likeness (QED) is 0.295. The molecule has 0 N–H and O–H groups in total. The number of thiophene rings is 3. The van der Waals surface area contributed by atoms with Gasteiger partial charge in [-0.2, -0.15) is 0 Å². The Bertz CT molecular complexity index is 1240. The number of ether oxygens (including phenoxy) is 1. The van der Waals surface area contributed by atoms with Crippen LogP contribution in [0, 0.1) is 0 Å². The maximum absolute atomic E-state index is 5.27. The lowest BCUT2D eigenvalue weighted by atomic mass is 10.1. The average Bonchev–Trinajstić information content (AvgIpc) is 3.44. The molecular formula is C23H16OS3. The van der Waals surface area contributed by atoms with Gasteiger partial charge in [0.2, 0.25) is 0 Å². The minimum Gasteiger partial charge on any atom is -0.497 e. The second-order valence-corrected chi connectivity index (χ2v) is 9.40. The van der Waals surface area contributed by atoms with Crippen LogP contribution < -0.4 is 4.74 Å². The van der Waals surface area contributed by atoms with Gasteiger partial charge >= 0.3 is 0 Å². The van der Waals surface area contributed by atoms with E-state index < -0.39 is 0 Å². The molecule has 3 heterocycles. The van der Waals surface area contributed by atoms with Gasteiger partial charge in [-0.05, 0) is 77.7 Å². The Balaban J connectivity index is 1.56. The third-order valence-electron chi connectivity index (χ3n) is 4.55. The second-order valence-electron chi connectivity index (χ2n) is 6.23. The standard InChI is InChI=1S/C23H16OS3/c1-24-16-6-4-15(5-7-16)23-14-20-19-13-18(9-8-17-3-2-12-25-17)26-21(19)10-11-22(20)27-23/h2-14H,1H3/b9-8+. The fourth-order valence-corrected chi connectivity index (χ4v) is 5.86. The van der Waals surface area contributed by atoms with Crippen LogP contribution in [0.3, 0.4) is 0 Å². The fraction of sp³-hybridized carbons (Fsp3) is 0.0435. The van der Waals surface area contributed by atoms with Crippen LogP contribution >= 0.6 is 34.0 Å². The summed E-state index contributed by atoms with van der Waals surface area (Å²) in [5.41, 5.74) is 1.23. The van der Waals surface area contributed by atoms with E-state index >= 15 is 0 Å². The smallest absolute Gasteiger partial charge is 0.118 e. The van der Waals surface area contributed by atoms with Gasteiger partial charge in [-0.25, -0.2) is 0 Å². The van der Waals surface area contributed by atoms with Crippen molar-refractivity contribution in [2.45, 2.75) is 0 Å². The lowest BCUT2D eigenvalue weighted by Crippen LogP contribution is -1.81. The molecule has 27 heavy (non-hydrogen) atoms. The molecule has 0 aliphatic heterocycles. The molecule has 3 aromatic heterocycles. The molecule has 0 fully saturated rings. The summed E-state index contributed by atoms with van der Waals surface area (Å²) in [6, 6.07) is 21.7. The molecule has 0 atom stereocenters. The van der Waals surface area contributed by atoms with Crippen LogP contribution in [0.15, 0.2) is 66.0 Å². The third kappa shape index (κ3) is 3.21. The van der Waals surface area contributed by atoms with Crippen molar-refractivity contribution in [1.82, 2.24) is 0 Å². The van der Waals surface area contributed by atoms with Crippen molar-refractivity contribution in [2.24, 2.45) is 0 Å². The number of benzene rings is 2. The normalized spacial score (nSPS) is 11.7. The number of methoxy groups -OCH3 is 1. The summed E-state index contributed by atoms with van der Waals surface area (Å²) in [6.45, 7) is 0. The van der Waals surface area contributed by atoms with E-state index in [1.807, 2.05) is 34.8 Å². The van der Waals surface area contributed by atoms with Gasteiger partial charge in [-0.1, -0.05) is 6.07 Å². The minimum absolute atomic E-state index is 0.891. The molecule has 0 amide bonds. The van der Waals surface area contributed by atoms with Crippen molar-refractivity contribution in [3.05, 3.63) is 75.8 Å². The van der Waals surface area contributed by atoms with Crippen molar-refractivity contribution in [1.29, 1.82) is 0 Å². The van der Waals surface area contributed by atoms with E-state index in [0.29, 0.717) is 0 Å². The minimum atomic E-state index is 0.891. The van der Waals surface area contributed by atoms with Crippen LogP contribution in [0.5, 0.6) is 5.75 Å². The summed E-state index contributed by atoms with van der Waals surface area (Å²) in [7, 11) is 1.70. The summed E-state index contributed by atoms with van der Waals surface area (Å²) < 4.78 is 7.95. The van der Waals surface area contributed by atoms with Crippen molar-refractivity contribution in [3.63, 3.8) is 0 Å². The number of hydrogen-bond donors (Lipinski definition) is 0. The first kappa shape index (κ1) is 16.8. The summed E-state index contributed by atoms with van der Waals surface area (Å²) in [6.07, 6.45) is 4.42. The van der Waals surface area contributed by atoms with Crippen LogP contribution in [0.1, 0.15) is 9.75 Å². The Morgan fingerprint density at radius 1 is 0.778 bits per heavy atom. The molecule has 0 aliphatic rings. The van der Waals surface area contributed by atoms with E-state index in [0.717, 1.165) is 5.75 Å². The molecule has 5 aromatic rings. The lowest BCUT2D eigenvalue weighted by Gasteiger charge is -2.00. The van der Waals surface area contributed by atoms with Gasteiger partial charge < -0.3 is 4.74 Å². The van der Waals surface area contributed by atoms with Gasteiger partial charge in [0.05, 0.1) is 7.11 Å². The highest BCUT2D eigenvalue weighted by atomic mass is 32.1. The topological polar surface area (TPSA) is 9.23 Å². The number of rotatable bonds is 4. The van der Waals surface area contributed by atoms with Gasteiger partial charge in [-0.15, -0.1) is 34.0 Å². The molecule has 2 aromatic carbocycles. The zero-order chi connectivity index (χ0) is 18.2. The van der Waals surface area contributed by atoms with Crippen LogP contribution in [0.25, 0.3) is 42.8 Å². The maximum Gasteiger partial charge on any atom is 0.118 e. The van der Waals surface area contributed by atoms with Crippen molar-refractivity contribution >= 4 is 66.3 Å². The highest BCUT2D eigenvalue weighted by Crippen LogP contribution is 2.40. The van der Waals surface area contributed by atoms with Gasteiger partial charge in [0.15, 0.2) is 0 Å². The van der Waals surface area contributed by atoms with E-state index in [2.05, 4.69) is 66.1 Å². The Morgan fingerprint density at radius 3 is 2.26 bits per heavy atom. The fourth-order valence-electron chi connectivity index (χ4n) is 3.18. The second kappa shape index (κ2) is 6.97. The molecule has 0 radical (unpaired) electrons. The molecule has 5 rings (SSSR count). The van der Waals surface area contributed by atoms with Crippen LogP contribution in [-0.4, -0.2) is 7.11 Å². The van der Waals surface area contributed by atoms with Crippen LogP contribution in [-0.2, 0) is 0 Å². The zero-order valence-electron chi connectivity index (χ0n) is 14.6. The highest BCUT2D eigenvalue weighted by Gasteiger charge is 2.10. The molecule has 4 heteroatoms. The molecule has 0 saturated carbocycles. The number of fused-ring (bicyclic) bond motifs is 3. The molecule has 0 saturated heterocycles. The van der Waals surface area contributed by atoms with E-state index in [4.69, 9.17) is 4.74 Å². The van der Waals surface area contributed by atoms with Gasteiger partial charge in [0.1, 0.15) is 5.75 Å². The van der Waals surface area contributed by atoms with Crippen molar-refractivity contribution in [3.8, 4) is 16.2 Å². The molecule has 0 spiro atoms. The molecule has 132 valence electrons. The van der Waals surface area contributed by atoms with Crippen LogP contribution in [0.2, 0.25) is 0 Å². The monoisotopic (exact) mass is 404 g/mol. The predicted molar refractivity (Wildman–Crippen MR) is 122 cm³/mol. The Hall–Kier alpha value is -2.40. The highest BCUT2D eigenvalue weighted by molar-refractivity contribution is 7.23. The van der Waals surface area contributed by atoms with E-state index in [1.165, 1.54) is 40.4 Å². The first-order valence-electron chi connectivity index (χ1n) is 8.62. The van der Waals surface area contributed by atoms with Gasteiger partial charge in [0.25, 0.3) is 0 Å².